The first kappa shape index (κ1) is 30.3. The van der Waals surface area contributed by atoms with E-state index >= 15 is 4.39 Å². The van der Waals surface area contributed by atoms with E-state index in [0.717, 1.165) is 35.2 Å². The molecule has 0 spiro atoms. The number of aliphatic carboxylic acids is 1. The second kappa shape index (κ2) is 13.4. The zero-order valence-electron chi connectivity index (χ0n) is 23.4. The quantitative estimate of drug-likeness (QED) is 0.138. The van der Waals surface area contributed by atoms with Gasteiger partial charge in [-0.25, -0.2) is 4.39 Å². The maximum Gasteiger partial charge on any atom is 0.305 e. The summed E-state index contributed by atoms with van der Waals surface area (Å²) in [7, 11) is 0. The van der Waals surface area contributed by atoms with Crippen LogP contribution in [0.5, 0.6) is 0 Å². The van der Waals surface area contributed by atoms with E-state index in [-0.39, 0.29) is 36.2 Å². The second-order valence-corrected chi connectivity index (χ2v) is 11.3. The number of nitrogens with zero attached hydrogens (tertiary/aromatic N) is 1. The topological polar surface area (TPSA) is 95.1 Å². The number of H-pyrrole nitrogens is 1. The van der Waals surface area contributed by atoms with Gasteiger partial charge in [-0.2, -0.15) is 5.10 Å². The lowest BCUT2D eigenvalue weighted by Gasteiger charge is -2.28. The molecular formula is C34H30Cl2FN3O3. The second-order valence-electron chi connectivity index (χ2n) is 10.4. The summed E-state index contributed by atoms with van der Waals surface area (Å²) in [4.78, 5) is 23.4. The number of carboxylic acid groups (broad SMARTS) is 1. The summed E-state index contributed by atoms with van der Waals surface area (Å²) in [5, 5.41) is 21.0. The standard InChI is InChI=1S/C34H30Cl2FN3O3/c1-2-3-27(21-4-6-23(7-5-21)34(43)38-17-16-30(41)42)31(22-10-14-26(36)15-11-22)33-28-18-24(19-29(37)32(28)39-40-33)20-8-12-25(35)13-9-20/h4-15,18-19,27,31H,2-3,16-17H2,1H3,(H,38,43)(H,39,40)(H,41,42). The Morgan fingerprint density at radius 1 is 0.907 bits per heavy atom. The van der Waals surface area contributed by atoms with Crippen molar-refractivity contribution >= 4 is 46.0 Å². The first-order chi connectivity index (χ1) is 20.7. The third-order valence-electron chi connectivity index (χ3n) is 7.59. The third-order valence-corrected chi connectivity index (χ3v) is 8.09. The molecule has 9 heteroatoms. The highest BCUT2D eigenvalue weighted by Crippen LogP contribution is 2.44. The lowest BCUT2D eigenvalue weighted by atomic mass is 9.76. The van der Waals surface area contributed by atoms with Crippen LogP contribution in [0.2, 0.25) is 10.0 Å². The SMILES string of the molecule is CCCC(c1ccc(C(=O)NCCC(=O)O)cc1)C(c1ccc(Cl)cc1)c1[nH]nc2c(F)cc(-c3ccc(Cl)cc3)cc12. The number of benzene rings is 4. The molecule has 5 rings (SSSR count). The zero-order chi connectivity index (χ0) is 30.5. The third kappa shape index (κ3) is 6.90. The van der Waals surface area contributed by atoms with E-state index in [1.54, 1.807) is 24.3 Å². The van der Waals surface area contributed by atoms with E-state index in [0.29, 0.717) is 26.6 Å². The Kier molecular flexibility index (Phi) is 9.43. The van der Waals surface area contributed by atoms with Crippen molar-refractivity contribution in [2.45, 2.75) is 38.0 Å². The zero-order valence-corrected chi connectivity index (χ0v) is 24.9. The Labute approximate surface area is 258 Å². The molecule has 6 nitrogen and oxygen atoms in total. The molecule has 1 aromatic heterocycles. The number of carboxylic acids is 1. The normalized spacial score (nSPS) is 12.7. The van der Waals surface area contributed by atoms with Crippen molar-refractivity contribution in [1.29, 1.82) is 0 Å². The molecule has 43 heavy (non-hydrogen) atoms. The van der Waals surface area contributed by atoms with Crippen LogP contribution in [0.25, 0.3) is 22.0 Å². The molecule has 220 valence electrons. The van der Waals surface area contributed by atoms with Gasteiger partial charge in [-0.1, -0.05) is 72.9 Å². The van der Waals surface area contributed by atoms with E-state index in [2.05, 4.69) is 22.4 Å². The van der Waals surface area contributed by atoms with Crippen LogP contribution >= 0.6 is 23.2 Å². The van der Waals surface area contributed by atoms with Gasteiger partial charge in [-0.15, -0.1) is 0 Å². The molecule has 2 atom stereocenters. The van der Waals surface area contributed by atoms with E-state index in [9.17, 15) is 9.59 Å². The number of halogens is 3. The van der Waals surface area contributed by atoms with Crippen molar-refractivity contribution in [2.75, 3.05) is 6.54 Å². The summed E-state index contributed by atoms with van der Waals surface area (Å²) in [6.45, 7) is 2.16. The molecule has 1 heterocycles. The summed E-state index contributed by atoms with van der Waals surface area (Å²) in [5.41, 5.74) is 5.01. The molecule has 0 aliphatic rings. The molecule has 0 aliphatic heterocycles. The Morgan fingerprint density at radius 2 is 1.53 bits per heavy atom. The number of amides is 1. The number of aromatic nitrogens is 2. The molecular weight excluding hydrogens is 588 g/mol. The molecule has 0 radical (unpaired) electrons. The largest absolute Gasteiger partial charge is 0.481 e. The number of hydrogen-bond acceptors (Lipinski definition) is 3. The number of carbonyl (C=O) groups is 2. The van der Waals surface area contributed by atoms with Crippen LogP contribution in [0, 0.1) is 5.82 Å². The summed E-state index contributed by atoms with van der Waals surface area (Å²) in [6.07, 6.45) is 1.53. The Morgan fingerprint density at radius 3 is 2.16 bits per heavy atom. The molecule has 4 aromatic carbocycles. The number of carbonyl (C=O) groups excluding carboxylic acids is 1. The van der Waals surface area contributed by atoms with Crippen molar-refractivity contribution in [3.8, 4) is 11.1 Å². The Balaban J connectivity index is 1.59. The maximum atomic E-state index is 15.5. The van der Waals surface area contributed by atoms with Gasteiger partial charge in [0.2, 0.25) is 0 Å². The molecule has 2 unspecified atom stereocenters. The molecule has 0 saturated carbocycles. The van der Waals surface area contributed by atoms with Crippen LogP contribution in [0.4, 0.5) is 4.39 Å². The summed E-state index contributed by atoms with van der Waals surface area (Å²) < 4.78 is 15.5. The van der Waals surface area contributed by atoms with Crippen molar-refractivity contribution in [1.82, 2.24) is 15.5 Å². The van der Waals surface area contributed by atoms with Crippen molar-refractivity contribution in [2.24, 2.45) is 0 Å². The summed E-state index contributed by atoms with van der Waals surface area (Å²) in [6, 6.07) is 25.7. The van der Waals surface area contributed by atoms with E-state index in [1.807, 2.05) is 54.6 Å². The van der Waals surface area contributed by atoms with Crippen LogP contribution in [0.3, 0.4) is 0 Å². The van der Waals surface area contributed by atoms with Crippen molar-refractivity contribution in [3.63, 3.8) is 0 Å². The fourth-order valence-electron chi connectivity index (χ4n) is 5.51. The molecule has 0 aliphatic carbocycles. The highest BCUT2D eigenvalue weighted by Gasteiger charge is 2.30. The lowest BCUT2D eigenvalue weighted by molar-refractivity contribution is -0.136. The molecule has 0 bridgehead atoms. The number of aromatic amines is 1. The van der Waals surface area contributed by atoms with Gasteiger partial charge in [0.05, 0.1) is 12.1 Å². The average Bonchev–Trinajstić information content (AvgIpc) is 3.42. The first-order valence-electron chi connectivity index (χ1n) is 14.0. The predicted molar refractivity (Wildman–Crippen MR) is 168 cm³/mol. The van der Waals surface area contributed by atoms with Crippen molar-refractivity contribution < 1.29 is 19.1 Å². The van der Waals surface area contributed by atoms with Crippen LogP contribution in [0.1, 0.15) is 65.2 Å². The molecule has 0 fully saturated rings. The predicted octanol–water partition coefficient (Wildman–Crippen LogP) is 8.60. The lowest BCUT2D eigenvalue weighted by Crippen LogP contribution is -2.26. The number of hydrogen-bond donors (Lipinski definition) is 3. The maximum absolute atomic E-state index is 15.5. The van der Waals surface area contributed by atoms with Crippen LogP contribution < -0.4 is 5.32 Å². The minimum atomic E-state index is -0.974. The average molecular weight is 619 g/mol. The summed E-state index contributed by atoms with van der Waals surface area (Å²) >= 11 is 12.4. The Bertz CT molecular complexity index is 1740. The van der Waals surface area contributed by atoms with Gasteiger partial charge in [-0.3, -0.25) is 14.7 Å². The highest BCUT2D eigenvalue weighted by molar-refractivity contribution is 6.30. The molecule has 3 N–H and O–H groups in total. The number of nitrogens with one attached hydrogen (secondary N) is 2. The number of rotatable bonds is 11. The van der Waals surface area contributed by atoms with E-state index < -0.39 is 11.8 Å². The molecule has 1 amide bonds. The number of fused-ring (bicyclic) bond motifs is 1. The minimum Gasteiger partial charge on any atom is -0.481 e. The molecule has 5 aromatic rings. The van der Waals surface area contributed by atoms with Gasteiger partial charge in [0.25, 0.3) is 5.91 Å². The monoisotopic (exact) mass is 617 g/mol. The smallest absolute Gasteiger partial charge is 0.305 e. The van der Waals surface area contributed by atoms with Crippen molar-refractivity contribution in [3.05, 3.63) is 123 Å². The van der Waals surface area contributed by atoms with Gasteiger partial charge in [-0.05, 0) is 83.1 Å². The minimum absolute atomic E-state index is 0.0501. The van der Waals surface area contributed by atoms with Crippen LogP contribution in [-0.4, -0.2) is 33.7 Å². The highest BCUT2D eigenvalue weighted by atomic mass is 35.5. The van der Waals surface area contributed by atoms with Gasteiger partial charge >= 0.3 is 5.97 Å². The van der Waals surface area contributed by atoms with E-state index in [4.69, 9.17) is 28.3 Å². The Hall–Kier alpha value is -4.20. The fraction of sp³-hybridized carbons (Fsp3) is 0.206. The van der Waals surface area contributed by atoms with Gasteiger partial charge < -0.3 is 10.4 Å². The molecule has 0 saturated heterocycles. The van der Waals surface area contributed by atoms with Gasteiger partial charge in [0.15, 0.2) is 5.82 Å². The summed E-state index contributed by atoms with van der Waals surface area (Å²) in [5.74, 6) is -2.03. The van der Waals surface area contributed by atoms with E-state index in [1.165, 1.54) is 6.07 Å². The van der Waals surface area contributed by atoms with Gasteiger partial charge in [0, 0.05) is 33.5 Å². The van der Waals surface area contributed by atoms with Gasteiger partial charge in [0.1, 0.15) is 5.52 Å². The fourth-order valence-corrected chi connectivity index (χ4v) is 5.77. The van der Waals surface area contributed by atoms with Crippen LogP contribution in [-0.2, 0) is 4.79 Å². The first-order valence-corrected chi connectivity index (χ1v) is 14.8. The van der Waals surface area contributed by atoms with Crippen LogP contribution in [0.15, 0.2) is 84.9 Å².